The Morgan fingerprint density at radius 2 is 1.50 bits per heavy atom. The van der Waals surface area contributed by atoms with Gasteiger partial charge < -0.3 is 10.6 Å². The zero-order valence-corrected chi connectivity index (χ0v) is 12.9. The third kappa shape index (κ3) is 5.61. The first kappa shape index (κ1) is 16.1. The van der Waals surface area contributed by atoms with E-state index >= 15 is 0 Å². The van der Waals surface area contributed by atoms with Crippen molar-refractivity contribution in [1.82, 2.24) is 10.6 Å². The van der Waals surface area contributed by atoms with Gasteiger partial charge in [-0.3, -0.25) is 9.59 Å². The van der Waals surface area contributed by atoms with Crippen molar-refractivity contribution >= 4 is 23.6 Å². The third-order valence-electron chi connectivity index (χ3n) is 2.88. The molecule has 2 aromatic rings. The average Bonchev–Trinajstić information content (AvgIpc) is 2.58. The Morgan fingerprint density at radius 1 is 0.864 bits per heavy atom. The fraction of sp³-hybridized carbons (Fsp3) is 0.176. The molecule has 2 aromatic carbocycles. The van der Waals surface area contributed by atoms with E-state index in [1.807, 2.05) is 36.4 Å². The van der Waals surface area contributed by atoms with Crippen molar-refractivity contribution in [2.24, 2.45) is 0 Å². The van der Waals surface area contributed by atoms with Crippen molar-refractivity contribution in [3.8, 4) is 0 Å². The SMILES string of the molecule is O=C(CNC(=O)c1ccccc1)NCCSc1ccccc1. The summed E-state index contributed by atoms with van der Waals surface area (Å²) in [6.07, 6.45) is 0. The van der Waals surface area contributed by atoms with E-state index < -0.39 is 0 Å². The van der Waals surface area contributed by atoms with Crippen LogP contribution < -0.4 is 10.6 Å². The Morgan fingerprint density at radius 3 is 2.18 bits per heavy atom. The normalized spacial score (nSPS) is 10.0. The topological polar surface area (TPSA) is 58.2 Å². The fourth-order valence-corrected chi connectivity index (χ4v) is 2.58. The molecule has 114 valence electrons. The minimum atomic E-state index is -0.241. The minimum Gasteiger partial charge on any atom is -0.354 e. The molecule has 2 N–H and O–H groups in total. The molecule has 0 aliphatic rings. The Hall–Kier alpha value is -2.27. The summed E-state index contributed by atoms with van der Waals surface area (Å²) >= 11 is 1.68. The largest absolute Gasteiger partial charge is 0.354 e. The van der Waals surface area contributed by atoms with Gasteiger partial charge in [-0.1, -0.05) is 36.4 Å². The molecule has 0 heterocycles. The number of carbonyl (C=O) groups is 2. The van der Waals surface area contributed by atoms with Crippen molar-refractivity contribution in [2.75, 3.05) is 18.8 Å². The first-order chi connectivity index (χ1) is 10.8. The lowest BCUT2D eigenvalue weighted by molar-refractivity contribution is -0.120. The van der Waals surface area contributed by atoms with Crippen LogP contribution in [0.2, 0.25) is 0 Å². The van der Waals surface area contributed by atoms with Gasteiger partial charge in [0.1, 0.15) is 0 Å². The molecule has 0 unspecified atom stereocenters. The summed E-state index contributed by atoms with van der Waals surface area (Å²) in [5, 5.41) is 5.38. The Bertz CT molecular complexity index is 603. The van der Waals surface area contributed by atoms with Crippen LogP contribution in [0.3, 0.4) is 0 Å². The summed E-state index contributed by atoms with van der Waals surface area (Å²) in [7, 11) is 0. The van der Waals surface area contributed by atoms with Gasteiger partial charge in [0.2, 0.25) is 5.91 Å². The van der Waals surface area contributed by atoms with E-state index in [1.54, 1.807) is 36.0 Å². The number of rotatable bonds is 7. The van der Waals surface area contributed by atoms with Crippen LogP contribution >= 0.6 is 11.8 Å². The van der Waals surface area contributed by atoms with Crippen LogP contribution in [0.25, 0.3) is 0 Å². The van der Waals surface area contributed by atoms with Gasteiger partial charge in [0.25, 0.3) is 5.91 Å². The molecular formula is C17H18N2O2S. The molecular weight excluding hydrogens is 296 g/mol. The maximum Gasteiger partial charge on any atom is 0.251 e. The van der Waals surface area contributed by atoms with Crippen molar-refractivity contribution in [3.63, 3.8) is 0 Å². The van der Waals surface area contributed by atoms with Crippen LogP contribution in [0.4, 0.5) is 0 Å². The van der Waals surface area contributed by atoms with E-state index in [1.165, 1.54) is 4.90 Å². The summed E-state index contributed by atoms with van der Waals surface area (Å²) in [5.74, 6) is 0.370. The molecule has 0 radical (unpaired) electrons. The van der Waals surface area contributed by atoms with E-state index in [0.717, 1.165) is 5.75 Å². The lowest BCUT2D eigenvalue weighted by atomic mass is 10.2. The first-order valence-electron chi connectivity index (χ1n) is 7.03. The van der Waals surface area contributed by atoms with Gasteiger partial charge in [0.05, 0.1) is 6.54 Å². The van der Waals surface area contributed by atoms with Gasteiger partial charge in [-0.25, -0.2) is 0 Å². The summed E-state index contributed by atoms with van der Waals surface area (Å²) in [6, 6.07) is 18.9. The minimum absolute atomic E-state index is 0.0102. The number of amides is 2. The molecule has 0 aliphatic heterocycles. The Balaban J connectivity index is 1.61. The van der Waals surface area contributed by atoms with Crippen molar-refractivity contribution in [1.29, 1.82) is 0 Å². The molecule has 0 bridgehead atoms. The van der Waals surface area contributed by atoms with Crippen LogP contribution in [0.1, 0.15) is 10.4 Å². The van der Waals surface area contributed by atoms with Crippen LogP contribution in [0.15, 0.2) is 65.6 Å². The predicted octanol–water partition coefficient (Wildman–Crippen LogP) is 2.32. The van der Waals surface area contributed by atoms with Gasteiger partial charge >= 0.3 is 0 Å². The average molecular weight is 314 g/mol. The Labute approximate surface area is 134 Å². The maximum atomic E-state index is 11.8. The number of benzene rings is 2. The molecule has 22 heavy (non-hydrogen) atoms. The second-order valence-corrected chi connectivity index (χ2v) is 5.73. The zero-order valence-electron chi connectivity index (χ0n) is 12.1. The number of hydrogen-bond acceptors (Lipinski definition) is 3. The van der Waals surface area contributed by atoms with E-state index in [0.29, 0.717) is 12.1 Å². The molecule has 2 rings (SSSR count). The highest BCUT2D eigenvalue weighted by Gasteiger charge is 2.06. The van der Waals surface area contributed by atoms with E-state index in [-0.39, 0.29) is 18.4 Å². The molecule has 4 nitrogen and oxygen atoms in total. The van der Waals surface area contributed by atoms with Crippen LogP contribution in [0, 0.1) is 0 Å². The molecule has 0 aromatic heterocycles. The second kappa shape index (κ2) is 8.89. The molecule has 2 amide bonds. The lowest BCUT2D eigenvalue weighted by Crippen LogP contribution is -2.37. The third-order valence-corrected chi connectivity index (χ3v) is 3.90. The number of thioether (sulfide) groups is 1. The van der Waals surface area contributed by atoms with Crippen molar-refractivity contribution in [3.05, 3.63) is 66.2 Å². The van der Waals surface area contributed by atoms with Crippen molar-refractivity contribution < 1.29 is 9.59 Å². The van der Waals surface area contributed by atoms with E-state index in [4.69, 9.17) is 0 Å². The quantitative estimate of drug-likeness (QED) is 0.609. The molecule has 0 spiro atoms. The van der Waals surface area contributed by atoms with Gasteiger partial charge in [-0.05, 0) is 24.3 Å². The van der Waals surface area contributed by atoms with Crippen LogP contribution in [-0.4, -0.2) is 30.7 Å². The van der Waals surface area contributed by atoms with Gasteiger partial charge in [-0.15, -0.1) is 11.8 Å². The van der Waals surface area contributed by atoms with Gasteiger partial charge in [-0.2, -0.15) is 0 Å². The van der Waals surface area contributed by atoms with Crippen molar-refractivity contribution in [2.45, 2.75) is 4.90 Å². The smallest absolute Gasteiger partial charge is 0.251 e. The summed E-state index contributed by atoms with van der Waals surface area (Å²) < 4.78 is 0. The van der Waals surface area contributed by atoms with Crippen LogP contribution in [-0.2, 0) is 4.79 Å². The molecule has 0 saturated heterocycles. The highest BCUT2D eigenvalue weighted by atomic mass is 32.2. The number of nitrogens with one attached hydrogen (secondary N) is 2. The molecule has 0 aliphatic carbocycles. The summed E-state index contributed by atoms with van der Waals surface area (Å²) in [4.78, 5) is 24.6. The van der Waals surface area contributed by atoms with Crippen LogP contribution in [0.5, 0.6) is 0 Å². The molecule has 5 heteroatoms. The maximum absolute atomic E-state index is 11.8. The second-order valence-electron chi connectivity index (χ2n) is 4.56. The summed E-state index contributed by atoms with van der Waals surface area (Å²) in [6.45, 7) is 0.559. The highest BCUT2D eigenvalue weighted by Crippen LogP contribution is 2.15. The first-order valence-corrected chi connectivity index (χ1v) is 8.02. The zero-order chi connectivity index (χ0) is 15.6. The Kier molecular flexibility index (Phi) is 6.51. The highest BCUT2D eigenvalue weighted by molar-refractivity contribution is 7.99. The van der Waals surface area contributed by atoms with E-state index in [9.17, 15) is 9.59 Å². The standard InChI is InChI=1S/C17H18N2O2S/c20-16(13-19-17(21)14-7-3-1-4-8-14)18-11-12-22-15-9-5-2-6-10-15/h1-10H,11-13H2,(H,18,20)(H,19,21). The van der Waals surface area contributed by atoms with Gasteiger partial charge in [0.15, 0.2) is 0 Å². The number of hydrogen-bond donors (Lipinski definition) is 2. The number of carbonyl (C=O) groups excluding carboxylic acids is 2. The fourth-order valence-electron chi connectivity index (χ4n) is 1.79. The van der Waals surface area contributed by atoms with E-state index in [2.05, 4.69) is 10.6 Å². The monoisotopic (exact) mass is 314 g/mol. The summed E-state index contributed by atoms with van der Waals surface area (Å²) in [5.41, 5.74) is 0.551. The molecule has 0 atom stereocenters. The molecule has 0 saturated carbocycles. The molecule has 0 fully saturated rings. The lowest BCUT2D eigenvalue weighted by Gasteiger charge is -2.07. The van der Waals surface area contributed by atoms with Gasteiger partial charge in [0, 0.05) is 22.8 Å². The predicted molar refractivity (Wildman–Crippen MR) is 89.0 cm³/mol.